The van der Waals surface area contributed by atoms with Gasteiger partial charge in [0.1, 0.15) is 0 Å². The highest BCUT2D eigenvalue weighted by Gasteiger charge is 2.24. The van der Waals surface area contributed by atoms with E-state index < -0.39 is 0 Å². The zero-order valence-electron chi connectivity index (χ0n) is 11.2. The molecule has 0 amide bonds. The van der Waals surface area contributed by atoms with Gasteiger partial charge >= 0.3 is 0 Å². The van der Waals surface area contributed by atoms with Crippen LogP contribution >= 0.6 is 0 Å². The molecule has 2 rings (SSSR count). The molecule has 17 heavy (non-hydrogen) atoms. The second-order valence-electron chi connectivity index (χ2n) is 5.09. The van der Waals surface area contributed by atoms with Crippen LogP contribution in [0.5, 0.6) is 0 Å². The second-order valence-corrected chi connectivity index (χ2v) is 5.09. The zero-order valence-corrected chi connectivity index (χ0v) is 11.2. The van der Waals surface area contributed by atoms with Gasteiger partial charge in [-0.3, -0.25) is 9.58 Å². The Balaban J connectivity index is 1.90. The summed E-state index contributed by atoms with van der Waals surface area (Å²) >= 11 is 0. The Labute approximate surface area is 104 Å². The van der Waals surface area contributed by atoms with Crippen molar-refractivity contribution >= 4 is 0 Å². The second kappa shape index (κ2) is 5.65. The first kappa shape index (κ1) is 12.6. The summed E-state index contributed by atoms with van der Waals surface area (Å²) in [7, 11) is 4.07. The van der Waals surface area contributed by atoms with Gasteiger partial charge in [-0.25, -0.2) is 0 Å². The van der Waals surface area contributed by atoms with Crippen LogP contribution in [0.4, 0.5) is 0 Å². The molecule has 0 aromatic carbocycles. The van der Waals surface area contributed by atoms with E-state index in [9.17, 15) is 0 Å². The van der Waals surface area contributed by atoms with E-state index in [1.165, 1.54) is 31.6 Å². The summed E-state index contributed by atoms with van der Waals surface area (Å²) in [5, 5.41) is 7.54. The summed E-state index contributed by atoms with van der Waals surface area (Å²) in [5.41, 5.74) is 1.32. The monoisotopic (exact) mass is 236 g/mol. The van der Waals surface area contributed by atoms with E-state index in [4.69, 9.17) is 0 Å². The van der Waals surface area contributed by atoms with Gasteiger partial charge in [-0.05, 0) is 58.4 Å². The van der Waals surface area contributed by atoms with Crippen molar-refractivity contribution in [3.8, 4) is 0 Å². The number of aromatic nitrogens is 2. The van der Waals surface area contributed by atoms with E-state index in [0.29, 0.717) is 6.04 Å². The Hall–Kier alpha value is -0.870. The van der Waals surface area contributed by atoms with Gasteiger partial charge in [-0.2, -0.15) is 5.10 Å². The number of rotatable bonds is 4. The summed E-state index contributed by atoms with van der Waals surface area (Å²) in [6, 6.07) is 2.61. The van der Waals surface area contributed by atoms with Gasteiger partial charge in [0, 0.05) is 19.3 Å². The number of hydrogen-bond donors (Lipinski definition) is 1. The van der Waals surface area contributed by atoms with E-state index in [-0.39, 0.29) is 0 Å². The molecule has 96 valence electrons. The molecule has 1 unspecified atom stereocenters. The lowest BCUT2D eigenvalue weighted by Crippen LogP contribution is -2.38. The van der Waals surface area contributed by atoms with Crippen molar-refractivity contribution in [3.63, 3.8) is 0 Å². The van der Waals surface area contributed by atoms with Crippen LogP contribution in [0.15, 0.2) is 12.3 Å². The maximum absolute atomic E-state index is 4.26. The summed E-state index contributed by atoms with van der Waals surface area (Å²) in [6.45, 7) is 5.86. The van der Waals surface area contributed by atoms with E-state index >= 15 is 0 Å². The van der Waals surface area contributed by atoms with Crippen molar-refractivity contribution in [3.05, 3.63) is 18.0 Å². The van der Waals surface area contributed by atoms with Crippen LogP contribution < -0.4 is 5.32 Å². The van der Waals surface area contributed by atoms with Crippen LogP contribution in [0.3, 0.4) is 0 Å². The summed E-state index contributed by atoms with van der Waals surface area (Å²) < 4.78 is 1.99. The summed E-state index contributed by atoms with van der Waals surface area (Å²) in [6.07, 6.45) is 4.51. The molecule has 0 spiro atoms. The number of hydrogen-bond acceptors (Lipinski definition) is 3. The molecule has 1 saturated heterocycles. The van der Waals surface area contributed by atoms with Crippen LogP contribution in [-0.4, -0.2) is 41.4 Å². The maximum atomic E-state index is 4.26. The molecule has 0 radical (unpaired) electrons. The smallest absolute Gasteiger partial charge is 0.0549 e. The first-order valence-corrected chi connectivity index (χ1v) is 6.59. The van der Waals surface area contributed by atoms with Gasteiger partial charge in [-0.15, -0.1) is 0 Å². The minimum atomic E-state index is 0.484. The lowest BCUT2D eigenvalue weighted by atomic mass is 9.95. The van der Waals surface area contributed by atoms with Crippen LogP contribution in [0.1, 0.15) is 31.5 Å². The number of nitrogens with zero attached hydrogens (tertiary/aromatic N) is 3. The molecule has 1 aliphatic heterocycles. The average molecular weight is 236 g/mol. The van der Waals surface area contributed by atoms with Crippen LogP contribution in [0, 0.1) is 5.92 Å². The Morgan fingerprint density at radius 3 is 2.71 bits per heavy atom. The zero-order chi connectivity index (χ0) is 12.3. The highest BCUT2D eigenvalue weighted by atomic mass is 15.3. The van der Waals surface area contributed by atoms with E-state index in [1.807, 2.05) is 25.0 Å². The van der Waals surface area contributed by atoms with E-state index in [1.54, 1.807) is 0 Å². The van der Waals surface area contributed by atoms with Crippen molar-refractivity contribution in [2.75, 3.05) is 26.7 Å². The molecular weight excluding hydrogens is 212 g/mol. The molecule has 1 aromatic heterocycles. The molecule has 0 aliphatic carbocycles. The first-order valence-electron chi connectivity index (χ1n) is 6.59. The van der Waals surface area contributed by atoms with Gasteiger partial charge in [0.15, 0.2) is 0 Å². The highest BCUT2D eigenvalue weighted by Crippen LogP contribution is 2.25. The third kappa shape index (κ3) is 2.87. The molecule has 2 heterocycles. The van der Waals surface area contributed by atoms with Gasteiger partial charge in [0.2, 0.25) is 0 Å². The topological polar surface area (TPSA) is 33.1 Å². The highest BCUT2D eigenvalue weighted by molar-refractivity contribution is 5.06. The van der Waals surface area contributed by atoms with Gasteiger partial charge < -0.3 is 5.32 Å². The molecule has 4 nitrogen and oxygen atoms in total. The Morgan fingerprint density at radius 1 is 1.47 bits per heavy atom. The first-order chi connectivity index (χ1) is 8.22. The summed E-state index contributed by atoms with van der Waals surface area (Å²) in [5.74, 6) is 0.856. The van der Waals surface area contributed by atoms with Crippen LogP contribution in [0.25, 0.3) is 0 Å². The Bertz CT molecular complexity index is 339. The van der Waals surface area contributed by atoms with Crippen molar-refractivity contribution in [1.82, 2.24) is 20.0 Å². The molecule has 1 fully saturated rings. The number of nitrogens with one attached hydrogen (secondary N) is 1. The molecule has 1 aromatic rings. The number of likely N-dealkylation sites (tertiary alicyclic amines) is 1. The average Bonchev–Trinajstić information content (AvgIpc) is 2.76. The van der Waals surface area contributed by atoms with Crippen molar-refractivity contribution in [2.45, 2.75) is 25.8 Å². The molecule has 0 bridgehead atoms. The number of aryl methyl sites for hydroxylation is 1. The van der Waals surface area contributed by atoms with Crippen LogP contribution in [-0.2, 0) is 7.05 Å². The summed E-state index contributed by atoms with van der Waals surface area (Å²) in [4.78, 5) is 2.57. The minimum absolute atomic E-state index is 0.484. The molecule has 1 N–H and O–H groups in total. The van der Waals surface area contributed by atoms with Gasteiger partial charge in [0.05, 0.1) is 5.69 Å². The largest absolute Gasteiger partial charge is 0.319 e. The fraction of sp³-hybridized carbons (Fsp3) is 0.769. The number of piperidine rings is 1. The van der Waals surface area contributed by atoms with Crippen molar-refractivity contribution < 1.29 is 0 Å². The SMILES string of the molecule is CNCC1CCN(C(C)c2ccnn2C)CC1. The van der Waals surface area contributed by atoms with Crippen molar-refractivity contribution in [2.24, 2.45) is 13.0 Å². The molecule has 1 atom stereocenters. The lowest BCUT2D eigenvalue weighted by molar-refractivity contribution is 0.136. The third-order valence-electron chi connectivity index (χ3n) is 3.98. The Morgan fingerprint density at radius 2 is 2.18 bits per heavy atom. The molecule has 0 saturated carbocycles. The molecule has 1 aliphatic rings. The predicted octanol–water partition coefficient (Wildman–Crippen LogP) is 1.41. The van der Waals surface area contributed by atoms with Gasteiger partial charge in [-0.1, -0.05) is 0 Å². The third-order valence-corrected chi connectivity index (χ3v) is 3.98. The van der Waals surface area contributed by atoms with E-state index in [2.05, 4.69) is 28.3 Å². The normalized spacial score (nSPS) is 20.6. The fourth-order valence-corrected chi connectivity index (χ4v) is 2.81. The standard InChI is InChI=1S/C13H24N4/c1-11(13-4-7-15-16(13)3)17-8-5-12(6-9-17)10-14-2/h4,7,11-12,14H,5-6,8-10H2,1-3H3. The fourth-order valence-electron chi connectivity index (χ4n) is 2.81. The molecule has 4 heteroatoms. The minimum Gasteiger partial charge on any atom is -0.319 e. The quantitative estimate of drug-likeness (QED) is 0.858. The lowest BCUT2D eigenvalue weighted by Gasteiger charge is -2.36. The van der Waals surface area contributed by atoms with Gasteiger partial charge in [0.25, 0.3) is 0 Å². The van der Waals surface area contributed by atoms with Crippen molar-refractivity contribution in [1.29, 1.82) is 0 Å². The molecular formula is C13H24N4. The van der Waals surface area contributed by atoms with Crippen LogP contribution in [0.2, 0.25) is 0 Å². The predicted molar refractivity (Wildman–Crippen MR) is 69.8 cm³/mol. The Kier molecular flexibility index (Phi) is 4.18. The maximum Gasteiger partial charge on any atom is 0.0549 e. The van der Waals surface area contributed by atoms with E-state index in [0.717, 1.165) is 12.5 Å².